The predicted molar refractivity (Wildman–Crippen MR) is 81.8 cm³/mol. The molecule has 0 heterocycles. The molecule has 4 nitrogen and oxygen atoms in total. The number of benzene rings is 1. The molecule has 1 aromatic rings. The number of rotatable bonds is 4. The van der Waals surface area contributed by atoms with Gasteiger partial charge in [-0.1, -0.05) is 27.7 Å². The van der Waals surface area contributed by atoms with Crippen molar-refractivity contribution in [1.29, 1.82) is 0 Å². The summed E-state index contributed by atoms with van der Waals surface area (Å²) in [5.74, 6) is -0.353. The van der Waals surface area contributed by atoms with Crippen LogP contribution in [0.3, 0.4) is 0 Å². The first-order chi connectivity index (χ1) is 9.41. The average Bonchev–Trinajstić information content (AvgIpc) is 2.71. The Balaban J connectivity index is 2.22. The van der Waals surface area contributed by atoms with Crippen molar-refractivity contribution in [2.45, 2.75) is 39.5 Å². The number of nitrogens with two attached hydrogens (primary N) is 1. The van der Waals surface area contributed by atoms with E-state index in [1.54, 1.807) is 0 Å². The monoisotopic (exact) mass is 314 g/mol. The molecule has 1 aliphatic carbocycles. The molecular formula is C15H23FN2O2S. The van der Waals surface area contributed by atoms with Crippen LogP contribution in [0.4, 0.5) is 10.1 Å². The molecule has 118 valence electrons. The fourth-order valence-corrected chi connectivity index (χ4v) is 4.40. The van der Waals surface area contributed by atoms with E-state index in [9.17, 15) is 12.8 Å². The third-order valence-corrected chi connectivity index (χ3v) is 6.96. The van der Waals surface area contributed by atoms with Crippen molar-refractivity contribution < 1.29 is 12.8 Å². The molecule has 2 rings (SSSR count). The highest BCUT2D eigenvalue weighted by Gasteiger charge is 2.64. The Kier molecular flexibility index (Phi) is 3.62. The summed E-state index contributed by atoms with van der Waals surface area (Å²) in [7, 11) is -3.76. The van der Waals surface area contributed by atoms with Crippen LogP contribution < -0.4 is 10.5 Å². The smallest absolute Gasteiger partial charge is 0.241 e. The van der Waals surface area contributed by atoms with E-state index in [4.69, 9.17) is 5.73 Å². The molecule has 0 amide bonds. The minimum Gasteiger partial charge on any atom is -0.399 e. The Labute approximate surface area is 126 Å². The van der Waals surface area contributed by atoms with E-state index in [1.807, 2.05) is 0 Å². The zero-order valence-corrected chi connectivity index (χ0v) is 13.9. The Bertz CT molecular complexity index is 667. The molecule has 0 bridgehead atoms. The van der Waals surface area contributed by atoms with Gasteiger partial charge in [0.2, 0.25) is 10.0 Å². The quantitative estimate of drug-likeness (QED) is 0.839. The van der Waals surface area contributed by atoms with Crippen LogP contribution in [-0.2, 0) is 10.0 Å². The standard InChI is InChI=1S/C15H23FN2O2S/c1-9-11(16)6-10(17)7-12(9)21(19,20)18-8-13-14(2,3)15(13,4)5/h6-7,13,18H,8,17H2,1-5H3. The Morgan fingerprint density at radius 2 is 1.76 bits per heavy atom. The second-order valence-electron chi connectivity index (χ2n) is 6.97. The fraction of sp³-hybridized carbons (Fsp3) is 0.600. The van der Waals surface area contributed by atoms with Gasteiger partial charge in [-0.3, -0.25) is 0 Å². The second-order valence-corrected chi connectivity index (χ2v) is 8.71. The lowest BCUT2D eigenvalue weighted by molar-refractivity contribution is 0.457. The average molecular weight is 314 g/mol. The van der Waals surface area contributed by atoms with Crippen molar-refractivity contribution >= 4 is 15.7 Å². The van der Waals surface area contributed by atoms with Gasteiger partial charge in [0.25, 0.3) is 0 Å². The van der Waals surface area contributed by atoms with Crippen molar-refractivity contribution in [2.24, 2.45) is 16.7 Å². The van der Waals surface area contributed by atoms with Crippen molar-refractivity contribution in [3.05, 3.63) is 23.5 Å². The number of hydrogen-bond acceptors (Lipinski definition) is 3. The molecule has 0 radical (unpaired) electrons. The third kappa shape index (κ3) is 2.55. The zero-order chi connectivity index (χ0) is 16.2. The van der Waals surface area contributed by atoms with E-state index in [1.165, 1.54) is 13.0 Å². The zero-order valence-electron chi connectivity index (χ0n) is 13.1. The normalized spacial score (nSPS) is 20.5. The molecule has 3 N–H and O–H groups in total. The lowest BCUT2D eigenvalue weighted by Crippen LogP contribution is -2.28. The van der Waals surface area contributed by atoms with Crippen molar-refractivity contribution in [1.82, 2.24) is 4.72 Å². The van der Waals surface area contributed by atoms with Crippen LogP contribution >= 0.6 is 0 Å². The van der Waals surface area contributed by atoms with Crippen molar-refractivity contribution in [2.75, 3.05) is 12.3 Å². The maximum Gasteiger partial charge on any atom is 0.241 e. The van der Waals surface area contributed by atoms with Gasteiger partial charge < -0.3 is 5.73 Å². The molecule has 1 aromatic carbocycles. The van der Waals surface area contributed by atoms with Crippen LogP contribution in [0.1, 0.15) is 33.3 Å². The predicted octanol–water partition coefficient (Wildman–Crippen LogP) is 2.68. The van der Waals surface area contributed by atoms with E-state index >= 15 is 0 Å². The topological polar surface area (TPSA) is 72.2 Å². The van der Waals surface area contributed by atoms with Gasteiger partial charge >= 0.3 is 0 Å². The summed E-state index contributed by atoms with van der Waals surface area (Å²) in [4.78, 5) is -0.0868. The molecule has 1 fully saturated rings. The first kappa shape index (κ1) is 16.2. The number of anilines is 1. The van der Waals surface area contributed by atoms with E-state index in [0.29, 0.717) is 6.54 Å². The summed E-state index contributed by atoms with van der Waals surface area (Å²) >= 11 is 0. The Morgan fingerprint density at radius 1 is 1.24 bits per heavy atom. The molecule has 6 heteroatoms. The molecule has 1 aliphatic rings. The van der Waals surface area contributed by atoms with Gasteiger partial charge in [0, 0.05) is 17.8 Å². The lowest BCUT2D eigenvalue weighted by atomic mass is 10.0. The summed E-state index contributed by atoms with van der Waals surface area (Å²) in [5, 5.41) is 0. The van der Waals surface area contributed by atoms with Gasteiger partial charge in [-0.15, -0.1) is 0 Å². The van der Waals surface area contributed by atoms with Gasteiger partial charge in [-0.2, -0.15) is 0 Å². The van der Waals surface area contributed by atoms with Gasteiger partial charge in [0.05, 0.1) is 4.90 Å². The van der Waals surface area contributed by atoms with Crippen LogP contribution in [0.5, 0.6) is 0 Å². The van der Waals surface area contributed by atoms with Gasteiger partial charge in [0.1, 0.15) is 5.82 Å². The molecule has 0 spiro atoms. The summed E-state index contributed by atoms with van der Waals surface area (Å²) in [5.41, 5.74) is 5.92. The summed E-state index contributed by atoms with van der Waals surface area (Å²) in [6.07, 6.45) is 0. The fourth-order valence-electron chi connectivity index (χ4n) is 3.07. The van der Waals surface area contributed by atoms with Crippen LogP contribution in [0.2, 0.25) is 0 Å². The molecule has 0 aliphatic heterocycles. The minimum absolute atomic E-state index is 0.0868. The maximum atomic E-state index is 13.7. The van der Waals surface area contributed by atoms with Crippen molar-refractivity contribution in [3.63, 3.8) is 0 Å². The number of sulfonamides is 1. The molecular weight excluding hydrogens is 291 g/mol. The first-order valence-electron chi connectivity index (χ1n) is 6.96. The number of hydrogen-bond donors (Lipinski definition) is 2. The number of nitrogen functional groups attached to an aromatic ring is 1. The largest absolute Gasteiger partial charge is 0.399 e. The Morgan fingerprint density at radius 3 is 2.24 bits per heavy atom. The van der Waals surface area contributed by atoms with E-state index < -0.39 is 15.8 Å². The van der Waals surface area contributed by atoms with Crippen LogP contribution in [0.25, 0.3) is 0 Å². The summed E-state index contributed by atoms with van der Waals surface area (Å²) in [6.45, 7) is 10.3. The summed E-state index contributed by atoms with van der Waals surface area (Å²) < 4.78 is 41.0. The molecule has 21 heavy (non-hydrogen) atoms. The minimum atomic E-state index is -3.76. The second kappa shape index (κ2) is 4.68. The van der Waals surface area contributed by atoms with E-state index in [0.717, 1.165) is 6.07 Å². The molecule has 0 atom stereocenters. The molecule has 0 unspecified atom stereocenters. The van der Waals surface area contributed by atoms with Crippen LogP contribution in [-0.4, -0.2) is 15.0 Å². The van der Waals surface area contributed by atoms with Gasteiger partial charge in [-0.25, -0.2) is 17.5 Å². The first-order valence-corrected chi connectivity index (χ1v) is 8.45. The number of halogens is 1. The Hall–Kier alpha value is -1.14. The maximum absolute atomic E-state index is 13.7. The third-order valence-electron chi connectivity index (χ3n) is 5.41. The highest BCUT2D eigenvalue weighted by Crippen LogP contribution is 2.67. The van der Waals surface area contributed by atoms with E-state index in [2.05, 4.69) is 32.4 Å². The summed E-state index contributed by atoms with van der Waals surface area (Å²) in [6, 6.07) is 2.42. The highest BCUT2D eigenvalue weighted by molar-refractivity contribution is 7.89. The number of nitrogens with one attached hydrogen (secondary N) is 1. The highest BCUT2D eigenvalue weighted by atomic mass is 32.2. The molecule has 0 saturated heterocycles. The van der Waals surface area contributed by atoms with Crippen LogP contribution in [0.15, 0.2) is 17.0 Å². The lowest BCUT2D eigenvalue weighted by Gasteiger charge is -2.11. The van der Waals surface area contributed by atoms with Gasteiger partial charge in [-0.05, 0) is 35.8 Å². The van der Waals surface area contributed by atoms with Crippen molar-refractivity contribution in [3.8, 4) is 0 Å². The SMILES string of the molecule is Cc1c(F)cc(N)cc1S(=O)(=O)NCC1C(C)(C)C1(C)C. The van der Waals surface area contributed by atoms with Gasteiger partial charge in [0.15, 0.2) is 0 Å². The van der Waals surface area contributed by atoms with Crippen LogP contribution in [0, 0.1) is 29.5 Å². The molecule has 1 saturated carbocycles. The van der Waals surface area contributed by atoms with E-state index in [-0.39, 0.29) is 32.9 Å². The molecule has 0 aromatic heterocycles.